The minimum Gasteiger partial charge on any atom is -0.480 e. The van der Waals surface area contributed by atoms with Crippen LogP contribution in [-0.4, -0.2) is 41.8 Å². The van der Waals surface area contributed by atoms with Crippen LogP contribution in [0.1, 0.15) is 49.7 Å². The molecule has 3 N–H and O–H groups in total. The normalized spacial score (nSPS) is 20.8. The number of rotatable bonds is 5. The molecular formula is C27H28N2O5. The van der Waals surface area contributed by atoms with E-state index in [1.165, 1.54) is 0 Å². The van der Waals surface area contributed by atoms with Crippen molar-refractivity contribution < 1.29 is 24.2 Å². The molecule has 1 fully saturated rings. The molecule has 1 saturated carbocycles. The van der Waals surface area contributed by atoms with Crippen molar-refractivity contribution in [3.05, 3.63) is 59.7 Å². The maximum atomic E-state index is 12.2. The lowest BCUT2D eigenvalue weighted by atomic mass is 9.76. The Hall–Kier alpha value is -3.79. The highest BCUT2D eigenvalue weighted by Crippen LogP contribution is 2.44. The van der Waals surface area contributed by atoms with E-state index in [0.29, 0.717) is 12.8 Å². The van der Waals surface area contributed by atoms with Gasteiger partial charge in [0.1, 0.15) is 12.1 Å². The number of fused-ring (bicyclic) bond motifs is 3. The van der Waals surface area contributed by atoms with Gasteiger partial charge in [-0.05, 0) is 46.9 Å². The predicted octanol–water partition coefficient (Wildman–Crippen LogP) is 3.68. The van der Waals surface area contributed by atoms with Gasteiger partial charge in [-0.2, -0.15) is 0 Å². The monoisotopic (exact) mass is 460 g/mol. The van der Waals surface area contributed by atoms with Crippen LogP contribution in [0.4, 0.5) is 4.79 Å². The van der Waals surface area contributed by atoms with E-state index in [4.69, 9.17) is 4.74 Å². The Kier molecular flexibility index (Phi) is 6.87. The van der Waals surface area contributed by atoms with Crippen LogP contribution >= 0.6 is 0 Å². The molecule has 4 rings (SSSR count). The molecule has 0 aliphatic heterocycles. The third-order valence-electron chi connectivity index (χ3n) is 6.63. The van der Waals surface area contributed by atoms with Crippen molar-refractivity contribution in [2.24, 2.45) is 5.92 Å². The molecule has 0 aromatic heterocycles. The third kappa shape index (κ3) is 4.91. The average molecular weight is 461 g/mol. The summed E-state index contributed by atoms with van der Waals surface area (Å²) in [4.78, 5) is 36.2. The van der Waals surface area contributed by atoms with Crippen LogP contribution in [0.3, 0.4) is 0 Å². The fourth-order valence-corrected chi connectivity index (χ4v) is 5.05. The molecule has 0 saturated heterocycles. The summed E-state index contributed by atoms with van der Waals surface area (Å²) in [5.74, 6) is 3.41. The van der Waals surface area contributed by atoms with Gasteiger partial charge in [0.25, 0.3) is 5.91 Å². The van der Waals surface area contributed by atoms with Gasteiger partial charge in [-0.1, -0.05) is 74.2 Å². The molecule has 0 radical (unpaired) electrons. The molecule has 0 bridgehead atoms. The Morgan fingerprint density at radius 2 is 1.74 bits per heavy atom. The zero-order valence-corrected chi connectivity index (χ0v) is 19.1. The Morgan fingerprint density at radius 1 is 1.09 bits per heavy atom. The number of hydrogen-bond donors (Lipinski definition) is 3. The highest BCUT2D eigenvalue weighted by atomic mass is 16.5. The second-order valence-corrected chi connectivity index (χ2v) is 9.02. The number of carbonyl (C=O) groups excluding carboxylic acids is 2. The number of amides is 2. The first-order valence-corrected chi connectivity index (χ1v) is 11.5. The second-order valence-electron chi connectivity index (χ2n) is 9.02. The summed E-state index contributed by atoms with van der Waals surface area (Å²) < 4.78 is 5.43. The lowest BCUT2D eigenvalue weighted by Gasteiger charge is -2.36. The predicted molar refractivity (Wildman–Crippen MR) is 127 cm³/mol. The van der Waals surface area contributed by atoms with E-state index in [-0.39, 0.29) is 25.0 Å². The molecule has 2 atom stereocenters. The lowest BCUT2D eigenvalue weighted by molar-refractivity contribution is -0.149. The summed E-state index contributed by atoms with van der Waals surface area (Å²) in [6.45, 7) is 2.08. The van der Waals surface area contributed by atoms with Gasteiger partial charge < -0.3 is 20.5 Å². The van der Waals surface area contributed by atoms with E-state index in [2.05, 4.69) is 34.6 Å². The van der Waals surface area contributed by atoms with Crippen molar-refractivity contribution in [2.75, 3.05) is 13.2 Å². The largest absolute Gasteiger partial charge is 0.480 e. The molecule has 2 aromatic rings. The van der Waals surface area contributed by atoms with Gasteiger partial charge in [-0.25, -0.2) is 9.59 Å². The van der Waals surface area contributed by atoms with Crippen LogP contribution in [-0.2, 0) is 14.3 Å². The average Bonchev–Trinajstić information content (AvgIpc) is 3.14. The molecule has 176 valence electrons. The quantitative estimate of drug-likeness (QED) is 0.591. The summed E-state index contributed by atoms with van der Waals surface area (Å²) in [5.41, 5.74) is 3.27. The van der Waals surface area contributed by atoms with Crippen LogP contribution in [0.2, 0.25) is 0 Å². The zero-order valence-electron chi connectivity index (χ0n) is 19.1. The summed E-state index contributed by atoms with van der Waals surface area (Å²) in [6.07, 6.45) is 1.83. The minimum atomic E-state index is -1.27. The number of carboxylic acids is 1. The Bertz CT molecular complexity index is 1120. The van der Waals surface area contributed by atoms with E-state index in [1.807, 2.05) is 43.3 Å². The number of alkyl carbamates (subject to hydrolysis) is 1. The van der Waals surface area contributed by atoms with E-state index in [0.717, 1.165) is 35.1 Å². The van der Waals surface area contributed by atoms with Crippen molar-refractivity contribution in [3.63, 3.8) is 0 Å². The number of hydrogen-bond acceptors (Lipinski definition) is 4. The van der Waals surface area contributed by atoms with E-state index >= 15 is 0 Å². The molecule has 2 amide bonds. The number of ether oxygens (including phenoxy) is 1. The first kappa shape index (κ1) is 23.4. The molecular weight excluding hydrogens is 432 g/mol. The van der Waals surface area contributed by atoms with Gasteiger partial charge in [0, 0.05) is 5.92 Å². The molecule has 7 heteroatoms. The van der Waals surface area contributed by atoms with Crippen LogP contribution < -0.4 is 10.6 Å². The van der Waals surface area contributed by atoms with Gasteiger partial charge in [-0.3, -0.25) is 4.79 Å². The summed E-state index contributed by atoms with van der Waals surface area (Å²) in [7, 11) is 0. The third-order valence-corrected chi connectivity index (χ3v) is 6.63. The van der Waals surface area contributed by atoms with E-state index in [1.54, 1.807) is 0 Å². The van der Waals surface area contributed by atoms with Crippen molar-refractivity contribution in [1.82, 2.24) is 10.6 Å². The first-order chi connectivity index (χ1) is 16.4. The Labute approximate surface area is 198 Å². The Morgan fingerprint density at radius 3 is 2.35 bits per heavy atom. The number of carboxylic acid groups (broad SMARTS) is 1. The smallest absolute Gasteiger partial charge is 0.407 e. The molecule has 0 spiro atoms. The lowest BCUT2D eigenvalue weighted by Crippen LogP contribution is -2.56. The molecule has 7 nitrogen and oxygen atoms in total. The molecule has 2 aliphatic carbocycles. The number of nitrogens with one attached hydrogen (secondary N) is 2. The van der Waals surface area contributed by atoms with Gasteiger partial charge in [0.05, 0.1) is 6.54 Å². The van der Waals surface area contributed by atoms with Gasteiger partial charge in [0.2, 0.25) is 0 Å². The molecule has 0 heterocycles. The highest BCUT2D eigenvalue weighted by Gasteiger charge is 2.43. The maximum absolute atomic E-state index is 12.2. The topological polar surface area (TPSA) is 105 Å². The fourth-order valence-electron chi connectivity index (χ4n) is 5.05. The summed E-state index contributed by atoms with van der Waals surface area (Å²) >= 11 is 0. The van der Waals surface area contributed by atoms with Gasteiger partial charge in [-0.15, -0.1) is 0 Å². The molecule has 34 heavy (non-hydrogen) atoms. The zero-order chi connectivity index (χ0) is 24.1. The first-order valence-electron chi connectivity index (χ1n) is 11.5. The summed E-state index contributed by atoms with van der Waals surface area (Å²) in [5, 5.41) is 14.7. The standard InChI is InChI=1S/C27H28N2O5/c1-18-8-6-14-27(16-18,25(31)32)29-24(30)13-7-15-28-26(33)34-17-23-21-11-4-2-9-19(21)20-10-3-5-12-22(20)23/h2-5,9-12,18,23H,6,8,14-17H2,1H3,(H,28,33)(H,29,30)(H,31,32). The number of benzene rings is 2. The minimum absolute atomic E-state index is 0.0416. The molecule has 2 aromatic carbocycles. The van der Waals surface area contributed by atoms with Gasteiger partial charge >= 0.3 is 12.1 Å². The second kappa shape index (κ2) is 10.0. The van der Waals surface area contributed by atoms with Crippen LogP contribution in [0.5, 0.6) is 0 Å². The molecule has 2 aliphatic rings. The van der Waals surface area contributed by atoms with Crippen molar-refractivity contribution in [2.45, 2.75) is 44.1 Å². The SMILES string of the molecule is CC1CCCC(NC(=O)C#CCNC(=O)OCC2c3ccccc3-c3ccccc32)(C(=O)O)C1. The number of aliphatic carboxylic acids is 1. The van der Waals surface area contributed by atoms with E-state index in [9.17, 15) is 19.5 Å². The fraction of sp³-hybridized carbons (Fsp3) is 0.370. The van der Waals surface area contributed by atoms with Crippen molar-refractivity contribution >= 4 is 18.0 Å². The maximum Gasteiger partial charge on any atom is 0.407 e. The van der Waals surface area contributed by atoms with Crippen molar-refractivity contribution in [3.8, 4) is 23.0 Å². The van der Waals surface area contributed by atoms with Gasteiger partial charge in [0.15, 0.2) is 0 Å². The van der Waals surface area contributed by atoms with Crippen LogP contribution in [0.25, 0.3) is 11.1 Å². The van der Waals surface area contributed by atoms with Crippen LogP contribution in [0.15, 0.2) is 48.5 Å². The number of carbonyl (C=O) groups is 3. The molecule has 2 unspecified atom stereocenters. The van der Waals surface area contributed by atoms with E-state index < -0.39 is 23.5 Å². The summed E-state index contributed by atoms with van der Waals surface area (Å²) in [6, 6.07) is 16.2. The van der Waals surface area contributed by atoms with Crippen molar-refractivity contribution in [1.29, 1.82) is 0 Å². The van der Waals surface area contributed by atoms with Crippen LogP contribution in [0, 0.1) is 17.8 Å². The highest BCUT2D eigenvalue weighted by molar-refractivity contribution is 5.97. The Balaban J connectivity index is 1.28.